The Morgan fingerprint density at radius 1 is 0.263 bits per heavy atom. The Morgan fingerprint density at radius 2 is 0.487 bits per heavy atom. The van der Waals surface area contributed by atoms with Gasteiger partial charge in [0.15, 0.2) is 6.10 Å². The van der Waals surface area contributed by atoms with Gasteiger partial charge in [-0.05, 0) is 96.3 Å². The molecule has 0 radical (unpaired) electrons. The first-order chi connectivity index (χ1) is 37.5. The highest BCUT2D eigenvalue weighted by molar-refractivity contribution is 5.71. The van der Waals surface area contributed by atoms with Crippen LogP contribution in [0.3, 0.4) is 0 Å². The minimum absolute atomic E-state index is 0.0763. The van der Waals surface area contributed by atoms with Crippen molar-refractivity contribution in [3.05, 3.63) is 48.6 Å². The molecule has 444 valence electrons. The Balaban J connectivity index is 4.30. The van der Waals surface area contributed by atoms with Gasteiger partial charge in [-0.2, -0.15) is 0 Å². The van der Waals surface area contributed by atoms with Gasteiger partial charge in [0.25, 0.3) is 0 Å². The monoisotopic (exact) mass is 1060 g/mol. The molecule has 1 atom stereocenters. The number of ether oxygens (including phenoxy) is 3. The summed E-state index contributed by atoms with van der Waals surface area (Å²) in [6.07, 6.45) is 81.2. The van der Waals surface area contributed by atoms with Crippen LogP contribution in [0.25, 0.3) is 0 Å². The van der Waals surface area contributed by atoms with E-state index in [1.165, 1.54) is 244 Å². The Bertz CT molecular complexity index is 1310. The van der Waals surface area contributed by atoms with Crippen LogP contribution in [0.2, 0.25) is 0 Å². The van der Waals surface area contributed by atoms with E-state index in [2.05, 4.69) is 69.4 Å². The molecule has 0 aromatic heterocycles. The molecule has 0 spiro atoms. The lowest BCUT2D eigenvalue weighted by Gasteiger charge is -2.18. The number of rotatable bonds is 62. The van der Waals surface area contributed by atoms with E-state index >= 15 is 0 Å². The summed E-state index contributed by atoms with van der Waals surface area (Å²) >= 11 is 0. The SMILES string of the molecule is CCCC/C=C\C/C=C\CCCCCCCC(=O)OCC(COC(=O)CCCCCCCCCCCCC/C=C\CCCCCCCCCC)OC(=O)CCCCCCCCCCC/C=C\CCCCCCCCCC. The van der Waals surface area contributed by atoms with Crippen LogP contribution in [-0.4, -0.2) is 37.2 Å². The first-order valence-electron chi connectivity index (χ1n) is 33.6. The van der Waals surface area contributed by atoms with Gasteiger partial charge in [-0.25, -0.2) is 0 Å². The van der Waals surface area contributed by atoms with Crippen LogP contribution in [0.1, 0.15) is 361 Å². The number of allylic oxidation sites excluding steroid dienone is 8. The fraction of sp³-hybridized carbons (Fsp3) is 0.843. The van der Waals surface area contributed by atoms with Crippen LogP contribution in [-0.2, 0) is 28.6 Å². The number of carbonyl (C=O) groups is 3. The lowest BCUT2D eigenvalue weighted by Crippen LogP contribution is -2.30. The van der Waals surface area contributed by atoms with E-state index in [1.807, 2.05) is 0 Å². The highest BCUT2D eigenvalue weighted by atomic mass is 16.6. The standard InChI is InChI=1S/C70H128O6/c1-4-7-10-13-16-19-22-25-28-30-32-34-35-37-38-40-42-45-48-51-54-57-60-63-69(72)75-66-67(65-74-68(71)62-59-56-53-50-47-44-27-24-21-18-15-12-9-6-3)76-70(73)64-61-58-55-52-49-46-43-41-39-36-33-31-29-26-23-20-17-14-11-8-5-2/h15,18,24,27,30-33,67H,4-14,16-17,19-23,25-26,28-29,34-66H2,1-3H3/b18-15-,27-24-,32-30-,33-31-. The van der Waals surface area contributed by atoms with Gasteiger partial charge in [0.1, 0.15) is 13.2 Å². The van der Waals surface area contributed by atoms with Gasteiger partial charge in [0, 0.05) is 19.3 Å². The zero-order valence-electron chi connectivity index (χ0n) is 51.0. The van der Waals surface area contributed by atoms with E-state index < -0.39 is 6.10 Å². The maximum absolute atomic E-state index is 12.9. The predicted molar refractivity (Wildman–Crippen MR) is 330 cm³/mol. The summed E-state index contributed by atoms with van der Waals surface area (Å²) in [6.45, 7) is 6.64. The van der Waals surface area contributed by atoms with Gasteiger partial charge in [0.05, 0.1) is 0 Å². The van der Waals surface area contributed by atoms with E-state index in [9.17, 15) is 14.4 Å². The molecule has 0 amide bonds. The van der Waals surface area contributed by atoms with Crippen LogP contribution in [0, 0.1) is 0 Å². The summed E-state index contributed by atoms with van der Waals surface area (Å²) < 4.78 is 17.0. The summed E-state index contributed by atoms with van der Waals surface area (Å²) in [6, 6.07) is 0. The highest BCUT2D eigenvalue weighted by Gasteiger charge is 2.19. The first-order valence-corrected chi connectivity index (χ1v) is 33.6. The van der Waals surface area contributed by atoms with Gasteiger partial charge < -0.3 is 14.2 Å². The van der Waals surface area contributed by atoms with E-state index in [0.29, 0.717) is 19.3 Å². The van der Waals surface area contributed by atoms with Gasteiger partial charge in [-0.3, -0.25) is 14.4 Å². The topological polar surface area (TPSA) is 78.9 Å². The van der Waals surface area contributed by atoms with Crippen molar-refractivity contribution in [2.24, 2.45) is 0 Å². The summed E-state index contributed by atoms with van der Waals surface area (Å²) in [5.74, 6) is -0.872. The highest BCUT2D eigenvalue weighted by Crippen LogP contribution is 2.17. The molecule has 0 aliphatic carbocycles. The molecular weight excluding hydrogens is 937 g/mol. The number of unbranched alkanes of at least 4 members (excludes halogenated alkanes) is 43. The predicted octanol–water partition coefficient (Wildman–Crippen LogP) is 22.9. The second-order valence-electron chi connectivity index (χ2n) is 22.7. The van der Waals surface area contributed by atoms with Crippen molar-refractivity contribution in [1.29, 1.82) is 0 Å². The van der Waals surface area contributed by atoms with Gasteiger partial charge in [0.2, 0.25) is 0 Å². The minimum atomic E-state index is -0.781. The minimum Gasteiger partial charge on any atom is -0.462 e. The lowest BCUT2D eigenvalue weighted by molar-refractivity contribution is -0.167. The van der Waals surface area contributed by atoms with Gasteiger partial charge in [-0.15, -0.1) is 0 Å². The molecule has 0 saturated carbocycles. The third-order valence-electron chi connectivity index (χ3n) is 15.0. The third-order valence-corrected chi connectivity index (χ3v) is 15.0. The van der Waals surface area contributed by atoms with E-state index in [1.54, 1.807) is 0 Å². The molecule has 6 nitrogen and oxygen atoms in total. The van der Waals surface area contributed by atoms with E-state index in [4.69, 9.17) is 14.2 Å². The molecule has 0 aliphatic rings. The average Bonchev–Trinajstić information content (AvgIpc) is 3.42. The van der Waals surface area contributed by atoms with Crippen molar-refractivity contribution < 1.29 is 28.6 Å². The van der Waals surface area contributed by atoms with E-state index in [-0.39, 0.29) is 31.1 Å². The molecule has 76 heavy (non-hydrogen) atoms. The van der Waals surface area contributed by atoms with Crippen molar-refractivity contribution in [3.8, 4) is 0 Å². The molecule has 0 aliphatic heterocycles. The number of hydrogen-bond donors (Lipinski definition) is 0. The first kappa shape index (κ1) is 73.4. The van der Waals surface area contributed by atoms with Crippen molar-refractivity contribution in [1.82, 2.24) is 0 Å². The Morgan fingerprint density at radius 3 is 0.776 bits per heavy atom. The lowest BCUT2D eigenvalue weighted by atomic mass is 10.0. The summed E-state index contributed by atoms with van der Waals surface area (Å²) in [7, 11) is 0. The zero-order valence-corrected chi connectivity index (χ0v) is 51.0. The normalized spacial score (nSPS) is 12.3. The fourth-order valence-corrected chi connectivity index (χ4v) is 9.92. The summed E-state index contributed by atoms with van der Waals surface area (Å²) in [5.41, 5.74) is 0. The molecule has 0 aromatic rings. The van der Waals surface area contributed by atoms with Gasteiger partial charge >= 0.3 is 17.9 Å². The smallest absolute Gasteiger partial charge is 0.306 e. The quantitative estimate of drug-likeness (QED) is 0.0261. The maximum Gasteiger partial charge on any atom is 0.306 e. The van der Waals surface area contributed by atoms with Crippen LogP contribution >= 0.6 is 0 Å². The molecule has 0 heterocycles. The zero-order chi connectivity index (χ0) is 55.0. The largest absolute Gasteiger partial charge is 0.462 e. The van der Waals surface area contributed by atoms with Gasteiger partial charge in [-0.1, -0.05) is 294 Å². The molecule has 0 saturated heterocycles. The van der Waals surface area contributed by atoms with Crippen molar-refractivity contribution in [2.75, 3.05) is 13.2 Å². The van der Waals surface area contributed by atoms with Crippen molar-refractivity contribution >= 4 is 17.9 Å². The van der Waals surface area contributed by atoms with Crippen molar-refractivity contribution in [3.63, 3.8) is 0 Å². The fourth-order valence-electron chi connectivity index (χ4n) is 9.92. The summed E-state index contributed by atoms with van der Waals surface area (Å²) in [4.78, 5) is 38.4. The molecular formula is C70H128O6. The van der Waals surface area contributed by atoms with E-state index in [0.717, 1.165) is 77.0 Å². The Hall–Kier alpha value is -2.63. The Labute approximate surface area is 473 Å². The third kappa shape index (κ3) is 62.2. The molecule has 0 N–H and O–H groups in total. The molecule has 0 bridgehead atoms. The molecule has 0 fully saturated rings. The van der Waals surface area contributed by atoms with Crippen LogP contribution in [0.5, 0.6) is 0 Å². The molecule has 0 rings (SSSR count). The van der Waals surface area contributed by atoms with Crippen LogP contribution in [0.15, 0.2) is 48.6 Å². The molecule has 0 aromatic carbocycles. The molecule has 1 unspecified atom stereocenters. The van der Waals surface area contributed by atoms with Crippen LogP contribution in [0.4, 0.5) is 0 Å². The van der Waals surface area contributed by atoms with Crippen molar-refractivity contribution in [2.45, 2.75) is 367 Å². The second kappa shape index (κ2) is 64.9. The number of carbonyl (C=O) groups excluding carboxylic acids is 3. The Kier molecular flexibility index (Phi) is 62.6. The van der Waals surface area contributed by atoms with Crippen LogP contribution < -0.4 is 0 Å². The summed E-state index contributed by atoms with van der Waals surface area (Å²) in [5, 5.41) is 0. The number of hydrogen-bond acceptors (Lipinski definition) is 6. The second-order valence-corrected chi connectivity index (χ2v) is 22.7. The molecule has 6 heteroatoms. The maximum atomic E-state index is 12.9. The average molecular weight is 1070 g/mol. The number of esters is 3.